The molecule has 0 fully saturated rings. The molecule has 142 valence electrons. The lowest BCUT2D eigenvalue weighted by Crippen LogP contribution is -2.53. The number of carbonyl (C=O) groups is 2. The molecular weight excluding hydrogens is 352 g/mol. The van der Waals surface area contributed by atoms with Gasteiger partial charge in [-0.2, -0.15) is 0 Å². The fourth-order valence-corrected chi connectivity index (χ4v) is 3.48. The molecule has 0 bridgehead atoms. The van der Waals surface area contributed by atoms with Gasteiger partial charge < -0.3 is 10.8 Å². The number of hydrogen-bond acceptors (Lipinski definition) is 3. The second kappa shape index (κ2) is 8.50. The number of carbonyl (C=O) groups excluding carboxylic acids is 1. The predicted octanol–water partition coefficient (Wildman–Crippen LogP) is 2.90. The second-order valence-electron chi connectivity index (χ2n) is 6.55. The van der Waals surface area contributed by atoms with Crippen LogP contribution in [0.3, 0.4) is 0 Å². The number of hydrogen-bond donors (Lipinski definition) is 3. The molecule has 5 heteroatoms. The minimum absolute atomic E-state index is 0.316. The molecule has 1 unspecified atom stereocenters. The number of carboxylic acid groups (broad SMARTS) is 1. The van der Waals surface area contributed by atoms with Gasteiger partial charge in [-0.05, 0) is 16.7 Å². The quantitative estimate of drug-likeness (QED) is 0.529. The van der Waals surface area contributed by atoms with E-state index in [0.717, 1.165) is 16.7 Å². The molecular formula is C23H22N2O3. The first-order valence-corrected chi connectivity index (χ1v) is 8.99. The highest BCUT2D eigenvalue weighted by Gasteiger charge is 2.40. The van der Waals surface area contributed by atoms with E-state index >= 15 is 0 Å². The minimum atomic E-state index is -1.15. The number of aliphatic carboxylic acids is 1. The summed E-state index contributed by atoms with van der Waals surface area (Å²) < 4.78 is 0. The Labute approximate surface area is 163 Å². The number of nitrogens with one attached hydrogen (secondary N) is 1. The topological polar surface area (TPSA) is 92.4 Å². The highest BCUT2D eigenvalue weighted by Crippen LogP contribution is 2.37. The largest absolute Gasteiger partial charge is 0.480 e. The van der Waals surface area contributed by atoms with Crippen LogP contribution in [0.15, 0.2) is 91.0 Å². The average Bonchev–Trinajstić information content (AvgIpc) is 2.72. The number of benzene rings is 3. The van der Waals surface area contributed by atoms with Crippen molar-refractivity contribution in [3.63, 3.8) is 0 Å². The number of nitrogens with two attached hydrogens (primary N) is 1. The molecule has 0 radical (unpaired) electrons. The Balaban J connectivity index is 2.27. The van der Waals surface area contributed by atoms with E-state index in [0.29, 0.717) is 0 Å². The third kappa shape index (κ3) is 3.94. The smallest absolute Gasteiger partial charge is 0.321 e. The minimum Gasteiger partial charge on any atom is -0.480 e. The van der Waals surface area contributed by atoms with Gasteiger partial charge in [-0.15, -0.1) is 0 Å². The van der Waals surface area contributed by atoms with Crippen LogP contribution in [-0.2, 0) is 15.1 Å². The Morgan fingerprint density at radius 3 is 1.43 bits per heavy atom. The highest BCUT2D eigenvalue weighted by molar-refractivity contribution is 5.83. The van der Waals surface area contributed by atoms with Crippen LogP contribution in [0.4, 0.5) is 0 Å². The highest BCUT2D eigenvalue weighted by atomic mass is 16.4. The zero-order valence-electron chi connectivity index (χ0n) is 15.3. The molecule has 0 aliphatic rings. The van der Waals surface area contributed by atoms with Gasteiger partial charge in [0.1, 0.15) is 6.04 Å². The SMILES string of the molecule is NC(=O)CC(NC(c1ccccc1)(c1ccccc1)c1ccccc1)C(=O)O. The van der Waals surface area contributed by atoms with E-state index in [2.05, 4.69) is 5.32 Å². The molecule has 3 aromatic carbocycles. The lowest BCUT2D eigenvalue weighted by molar-refractivity contribution is -0.141. The molecule has 0 saturated carbocycles. The van der Waals surface area contributed by atoms with Crippen molar-refractivity contribution in [2.24, 2.45) is 5.73 Å². The van der Waals surface area contributed by atoms with E-state index in [9.17, 15) is 14.7 Å². The van der Waals surface area contributed by atoms with E-state index < -0.39 is 23.5 Å². The summed E-state index contributed by atoms with van der Waals surface area (Å²) in [6, 6.07) is 27.6. The first kappa shape index (κ1) is 19.3. The summed E-state index contributed by atoms with van der Waals surface area (Å²) in [5, 5.41) is 13.0. The van der Waals surface area contributed by atoms with Crippen LogP contribution < -0.4 is 11.1 Å². The Bertz CT molecular complexity index is 831. The first-order valence-electron chi connectivity index (χ1n) is 8.99. The van der Waals surface area contributed by atoms with Crippen LogP contribution in [0, 0.1) is 0 Å². The summed E-state index contributed by atoms with van der Waals surface area (Å²) >= 11 is 0. The number of carboxylic acids is 1. The number of amides is 1. The van der Waals surface area contributed by atoms with Crippen LogP contribution in [0.1, 0.15) is 23.1 Å². The maximum absolute atomic E-state index is 11.9. The maximum Gasteiger partial charge on any atom is 0.321 e. The standard InChI is InChI=1S/C23H22N2O3/c24-21(26)16-20(22(27)28)25-23(17-10-4-1-5-11-17,18-12-6-2-7-13-18)19-14-8-3-9-15-19/h1-15,20,25H,16H2,(H2,24,26)(H,27,28). The third-order valence-corrected chi connectivity index (χ3v) is 4.71. The van der Waals surface area contributed by atoms with Gasteiger partial charge in [0, 0.05) is 0 Å². The van der Waals surface area contributed by atoms with E-state index in [1.807, 2.05) is 91.0 Å². The summed E-state index contributed by atoms with van der Waals surface area (Å²) in [4.78, 5) is 23.5. The molecule has 3 rings (SSSR count). The van der Waals surface area contributed by atoms with E-state index in [1.165, 1.54) is 0 Å². The number of rotatable bonds is 8. The molecule has 1 atom stereocenters. The van der Waals surface area contributed by atoms with Gasteiger partial charge in [0.05, 0.1) is 12.0 Å². The van der Waals surface area contributed by atoms with Crippen molar-refractivity contribution in [2.45, 2.75) is 18.0 Å². The summed E-state index contributed by atoms with van der Waals surface area (Å²) in [6.07, 6.45) is -0.316. The molecule has 0 aliphatic heterocycles. The number of primary amides is 1. The fraction of sp³-hybridized carbons (Fsp3) is 0.130. The van der Waals surface area contributed by atoms with Gasteiger partial charge >= 0.3 is 5.97 Å². The summed E-state index contributed by atoms with van der Waals surface area (Å²) in [5.74, 6) is -1.81. The molecule has 5 nitrogen and oxygen atoms in total. The van der Waals surface area contributed by atoms with Crippen molar-refractivity contribution in [1.82, 2.24) is 5.32 Å². The summed E-state index contributed by atoms with van der Waals surface area (Å²) in [6.45, 7) is 0. The van der Waals surface area contributed by atoms with Gasteiger partial charge in [-0.3, -0.25) is 14.9 Å². The van der Waals surface area contributed by atoms with Crippen molar-refractivity contribution in [1.29, 1.82) is 0 Å². The first-order chi connectivity index (χ1) is 13.5. The van der Waals surface area contributed by atoms with Crippen molar-refractivity contribution in [3.05, 3.63) is 108 Å². The van der Waals surface area contributed by atoms with Crippen molar-refractivity contribution < 1.29 is 14.7 Å². The molecule has 0 aliphatic carbocycles. The van der Waals surface area contributed by atoms with Crippen molar-refractivity contribution in [3.8, 4) is 0 Å². The van der Waals surface area contributed by atoms with Gasteiger partial charge in [0.25, 0.3) is 0 Å². The van der Waals surface area contributed by atoms with Crippen molar-refractivity contribution in [2.75, 3.05) is 0 Å². The zero-order valence-corrected chi connectivity index (χ0v) is 15.3. The molecule has 4 N–H and O–H groups in total. The van der Waals surface area contributed by atoms with Crippen LogP contribution in [0.25, 0.3) is 0 Å². The second-order valence-corrected chi connectivity index (χ2v) is 6.55. The van der Waals surface area contributed by atoms with Crippen LogP contribution in [0.2, 0.25) is 0 Å². The molecule has 0 heterocycles. The van der Waals surface area contributed by atoms with Crippen LogP contribution in [-0.4, -0.2) is 23.0 Å². The molecule has 3 aromatic rings. The molecule has 0 spiro atoms. The van der Waals surface area contributed by atoms with Gasteiger partial charge in [-0.25, -0.2) is 0 Å². The van der Waals surface area contributed by atoms with Gasteiger partial charge in [0.15, 0.2) is 0 Å². The maximum atomic E-state index is 11.9. The Morgan fingerprint density at radius 2 is 1.14 bits per heavy atom. The molecule has 1 amide bonds. The van der Waals surface area contributed by atoms with E-state index in [1.54, 1.807) is 0 Å². The monoisotopic (exact) mass is 374 g/mol. The lowest BCUT2D eigenvalue weighted by atomic mass is 9.76. The Morgan fingerprint density at radius 1 is 0.786 bits per heavy atom. The predicted molar refractivity (Wildman–Crippen MR) is 108 cm³/mol. The normalized spacial score (nSPS) is 12.3. The van der Waals surface area contributed by atoms with Gasteiger partial charge in [0.2, 0.25) is 5.91 Å². The molecule has 0 saturated heterocycles. The average molecular weight is 374 g/mol. The van der Waals surface area contributed by atoms with E-state index in [4.69, 9.17) is 5.73 Å². The lowest BCUT2D eigenvalue weighted by Gasteiger charge is -2.39. The van der Waals surface area contributed by atoms with Crippen LogP contribution >= 0.6 is 0 Å². The summed E-state index contributed by atoms with van der Waals surface area (Å²) in [7, 11) is 0. The summed E-state index contributed by atoms with van der Waals surface area (Å²) in [5.41, 5.74) is 6.95. The van der Waals surface area contributed by atoms with Crippen LogP contribution in [0.5, 0.6) is 0 Å². The third-order valence-electron chi connectivity index (χ3n) is 4.71. The molecule has 0 aromatic heterocycles. The molecule has 28 heavy (non-hydrogen) atoms. The fourth-order valence-electron chi connectivity index (χ4n) is 3.48. The van der Waals surface area contributed by atoms with E-state index in [-0.39, 0.29) is 6.42 Å². The van der Waals surface area contributed by atoms with Crippen molar-refractivity contribution >= 4 is 11.9 Å². The zero-order chi connectivity index (χ0) is 20.0. The van der Waals surface area contributed by atoms with Gasteiger partial charge in [-0.1, -0.05) is 91.0 Å². The Hall–Kier alpha value is -3.44. The Kier molecular flexibility index (Phi) is 5.87.